The Kier molecular flexibility index (Phi) is 4.09. The molecular weight excluding hydrogens is 340 g/mol. The minimum absolute atomic E-state index is 0.531. The van der Waals surface area contributed by atoms with Crippen LogP contribution in [0, 0.1) is 0 Å². The first-order valence-corrected chi connectivity index (χ1v) is 8.44. The van der Waals surface area contributed by atoms with Gasteiger partial charge < -0.3 is 0 Å². The van der Waals surface area contributed by atoms with Crippen molar-refractivity contribution >= 4 is 42.6 Å². The summed E-state index contributed by atoms with van der Waals surface area (Å²) in [6.45, 7) is 5.39. The van der Waals surface area contributed by atoms with Crippen molar-refractivity contribution < 1.29 is 8.42 Å². The van der Waals surface area contributed by atoms with E-state index in [2.05, 4.69) is 25.4 Å². The molecule has 2 rings (SSSR count). The summed E-state index contributed by atoms with van der Waals surface area (Å²) in [5.74, 6) is 0. The number of fused-ring (bicyclic) bond motifs is 1. The van der Waals surface area contributed by atoms with Gasteiger partial charge in [-0.1, -0.05) is 40.2 Å². The maximum atomic E-state index is 12.1. The molecule has 0 aliphatic heterocycles. The molecule has 0 aliphatic carbocycles. The fraction of sp³-hybridized carbons (Fsp3) is 0.286. The van der Waals surface area contributed by atoms with Crippen molar-refractivity contribution in [2.75, 3.05) is 4.72 Å². The van der Waals surface area contributed by atoms with E-state index in [9.17, 15) is 8.42 Å². The van der Waals surface area contributed by atoms with Crippen molar-refractivity contribution in [3.05, 3.63) is 40.9 Å². The monoisotopic (exact) mass is 356 g/mol. The number of rotatable bonds is 3. The van der Waals surface area contributed by atoms with Crippen molar-refractivity contribution in [3.63, 3.8) is 0 Å². The molecule has 6 heteroatoms. The Morgan fingerprint density at radius 3 is 2.20 bits per heavy atom. The molecule has 0 amide bonds. The van der Waals surface area contributed by atoms with Gasteiger partial charge in [0.1, 0.15) is 0 Å². The van der Waals surface area contributed by atoms with Crippen molar-refractivity contribution in [1.82, 2.24) is 4.72 Å². The standard InChI is InChI=1S/C14H17BrN2O2S/c1-14(2,3)17-20(18,19)16-13-9-8-12(15)10-6-4-5-7-11(10)13/h4-9,16-17H,1-3H3. The van der Waals surface area contributed by atoms with Crippen molar-refractivity contribution in [1.29, 1.82) is 0 Å². The number of anilines is 1. The van der Waals surface area contributed by atoms with Gasteiger partial charge in [0.2, 0.25) is 0 Å². The predicted molar refractivity (Wildman–Crippen MR) is 87.1 cm³/mol. The van der Waals surface area contributed by atoms with E-state index >= 15 is 0 Å². The van der Waals surface area contributed by atoms with E-state index in [1.807, 2.05) is 30.3 Å². The van der Waals surface area contributed by atoms with Crippen LogP contribution < -0.4 is 9.44 Å². The Morgan fingerprint density at radius 1 is 1.00 bits per heavy atom. The molecule has 108 valence electrons. The molecule has 0 radical (unpaired) electrons. The second kappa shape index (κ2) is 5.35. The fourth-order valence-electron chi connectivity index (χ4n) is 1.92. The van der Waals surface area contributed by atoms with Gasteiger partial charge in [0, 0.05) is 15.4 Å². The molecule has 0 spiro atoms. The normalized spacial score (nSPS) is 12.6. The summed E-state index contributed by atoms with van der Waals surface area (Å²) in [6, 6.07) is 11.2. The molecule has 0 bridgehead atoms. The van der Waals surface area contributed by atoms with E-state index in [4.69, 9.17) is 0 Å². The van der Waals surface area contributed by atoms with Gasteiger partial charge in [-0.25, -0.2) is 0 Å². The van der Waals surface area contributed by atoms with Crippen molar-refractivity contribution in [3.8, 4) is 0 Å². The van der Waals surface area contributed by atoms with Crippen molar-refractivity contribution in [2.45, 2.75) is 26.3 Å². The van der Waals surface area contributed by atoms with Crippen LogP contribution in [0.1, 0.15) is 20.8 Å². The van der Waals surface area contributed by atoms with Gasteiger partial charge in [-0.2, -0.15) is 13.1 Å². The lowest BCUT2D eigenvalue weighted by Crippen LogP contribution is -2.43. The van der Waals surface area contributed by atoms with Crippen LogP contribution in [0.5, 0.6) is 0 Å². The summed E-state index contributed by atoms with van der Waals surface area (Å²) in [7, 11) is -3.61. The Labute approximate surface area is 127 Å². The summed E-state index contributed by atoms with van der Waals surface area (Å²) in [5.41, 5.74) is 0.0253. The maximum Gasteiger partial charge on any atom is 0.299 e. The zero-order valence-corrected chi connectivity index (χ0v) is 14.0. The van der Waals surface area contributed by atoms with E-state index < -0.39 is 15.7 Å². The summed E-state index contributed by atoms with van der Waals surface area (Å²) >= 11 is 3.47. The van der Waals surface area contributed by atoms with E-state index in [1.54, 1.807) is 26.8 Å². The third-order valence-electron chi connectivity index (χ3n) is 2.56. The van der Waals surface area contributed by atoms with E-state index in [0.717, 1.165) is 15.2 Å². The molecule has 0 unspecified atom stereocenters. The van der Waals surface area contributed by atoms with Crippen LogP contribution in [-0.2, 0) is 10.2 Å². The molecule has 4 nitrogen and oxygen atoms in total. The smallest absolute Gasteiger partial charge is 0.270 e. The predicted octanol–water partition coefficient (Wildman–Crippen LogP) is 3.65. The second-order valence-electron chi connectivity index (χ2n) is 5.60. The summed E-state index contributed by atoms with van der Waals surface area (Å²) in [5, 5.41) is 1.81. The largest absolute Gasteiger partial charge is 0.299 e. The highest BCUT2D eigenvalue weighted by atomic mass is 79.9. The zero-order valence-electron chi connectivity index (χ0n) is 11.6. The van der Waals surface area contributed by atoms with Gasteiger partial charge in [-0.3, -0.25) is 4.72 Å². The van der Waals surface area contributed by atoms with Gasteiger partial charge in [-0.15, -0.1) is 0 Å². The van der Waals surface area contributed by atoms with Crippen molar-refractivity contribution in [2.24, 2.45) is 0 Å². The van der Waals surface area contributed by atoms with E-state index in [0.29, 0.717) is 5.69 Å². The molecule has 2 N–H and O–H groups in total. The number of halogens is 1. The average molecular weight is 357 g/mol. The highest BCUT2D eigenvalue weighted by Gasteiger charge is 2.20. The number of hydrogen-bond donors (Lipinski definition) is 2. The third-order valence-corrected chi connectivity index (χ3v) is 4.62. The third kappa shape index (κ3) is 3.71. The van der Waals surface area contributed by atoms with Crippen LogP contribution in [0.15, 0.2) is 40.9 Å². The van der Waals surface area contributed by atoms with E-state index in [-0.39, 0.29) is 0 Å². The highest BCUT2D eigenvalue weighted by molar-refractivity contribution is 9.10. The second-order valence-corrected chi connectivity index (χ2v) is 7.87. The quantitative estimate of drug-likeness (QED) is 0.881. The maximum absolute atomic E-state index is 12.1. The number of nitrogens with one attached hydrogen (secondary N) is 2. The van der Waals surface area contributed by atoms with Gasteiger partial charge in [-0.05, 0) is 38.3 Å². The first kappa shape index (κ1) is 15.3. The summed E-state index contributed by atoms with van der Waals surface area (Å²) < 4.78 is 30.3. The fourth-order valence-corrected chi connectivity index (χ4v) is 3.73. The molecule has 2 aromatic carbocycles. The Balaban J connectivity index is 2.43. The molecule has 20 heavy (non-hydrogen) atoms. The SMILES string of the molecule is CC(C)(C)NS(=O)(=O)Nc1ccc(Br)c2ccccc12. The molecule has 0 heterocycles. The molecule has 0 aromatic heterocycles. The van der Waals surface area contributed by atoms with Gasteiger partial charge >= 0.3 is 0 Å². The number of benzene rings is 2. The van der Waals surface area contributed by atoms with Gasteiger partial charge in [0.25, 0.3) is 10.2 Å². The van der Waals surface area contributed by atoms with E-state index in [1.165, 1.54) is 0 Å². The lowest BCUT2D eigenvalue weighted by molar-refractivity contribution is 0.494. The highest BCUT2D eigenvalue weighted by Crippen LogP contribution is 2.30. The first-order valence-electron chi connectivity index (χ1n) is 6.17. The molecule has 2 aromatic rings. The minimum Gasteiger partial charge on any atom is -0.270 e. The zero-order chi connectivity index (χ0) is 15.0. The topological polar surface area (TPSA) is 58.2 Å². The van der Waals surface area contributed by atoms with Crippen LogP contribution in [0.25, 0.3) is 10.8 Å². The Hall–Kier alpha value is -1.11. The van der Waals surface area contributed by atoms with Crippen LogP contribution in [0.2, 0.25) is 0 Å². The summed E-state index contributed by atoms with van der Waals surface area (Å²) in [4.78, 5) is 0. The van der Waals surface area contributed by atoms with Crippen LogP contribution in [0.4, 0.5) is 5.69 Å². The van der Waals surface area contributed by atoms with Crippen LogP contribution in [0.3, 0.4) is 0 Å². The summed E-state index contributed by atoms with van der Waals surface area (Å²) in [6.07, 6.45) is 0. The molecule has 0 saturated heterocycles. The first-order chi connectivity index (χ1) is 9.18. The van der Waals surface area contributed by atoms with Crippen LogP contribution in [-0.4, -0.2) is 14.0 Å². The van der Waals surface area contributed by atoms with Gasteiger partial charge in [0.05, 0.1) is 5.69 Å². The Bertz CT molecular complexity index is 736. The van der Waals surface area contributed by atoms with Gasteiger partial charge in [0.15, 0.2) is 0 Å². The molecule has 0 aliphatic rings. The molecule has 0 atom stereocenters. The minimum atomic E-state index is -3.61. The number of hydrogen-bond acceptors (Lipinski definition) is 2. The molecule has 0 fully saturated rings. The molecule has 0 saturated carbocycles. The molecular formula is C14H17BrN2O2S. The van der Waals surface area contributed by atoms with Crippen LogP contribution >= 0.6 is 15.9 Å². The lowest BCUT2D eigenvalue weighted by atomic mass is 10.1. The lowest BCUT2D eigenvalue weighted by Gasteiger charge is -2.21. The Morgan fingerprint density at radius 2 is 1.60 bits per heavy atom. The average Bonchev–Trinajstić information content (AvgIpc) is 2.30.